The minimum Gasteiger partial charge on any atom is -0.394 e. The SMILES string of the molecule is CCCCCCCCCCC(=O)N[C@H]1C(CO)OCC(C)[C@H]1O[C@H]1OC(CO)[C@H](O)[C@H](C)C1C(=O)c1ccccc1. The maximum absolute atomic E-state index is 13.6. The predicted molar refractivity (Wildman–Crippen MR) is 155 cm³/mol. The van der Waals surface area contributed by atoms with Crippen molar-refractivity contribution in [3.05, 3.63) is 35.9 Å². The lowest BCUT2D eigenvalue weighted by molar-refractivity contribution is -0.292. The molecule has 9 heteroatoms. The highest BCUT2D eigenvalue weighted by atomic mass is 16.7. The quantitative estimate of drug-likeness (QED) is 0.173. The van der Waals surface area contributed by atoms with Crippen LogP contribution in [0, 0.1) is 17.8 Å². The Morgan fingerprint density at radius 1 is 0.951 bits per heavy atom. The van der Waals surface area contributed by atoms with Crippen molar-refractivity contribution < 1.29 is 39.1 Å². The second kappa shape index (κ2) is 17.3. The Morgan fingerprint density at radius 3 is 2.22 bits per heavy atom. The fourth-order valence-electron chi connectivity index (χ4n) is 5.99. The van der Waals surface area contributed by atoms with Gasteiger partial charge in [-0.15, -0.1) is 0 Å². The Labute approximate surface area is 245 Å². The van der Waals surface area contributed by atoms with E-state index in [1.807, 2.05) is 13.0 Å². The number of ether oxygens (including phenoxy) is 3. The minimum absolute atomic E-state index is 0.135. The normalized spacial score (nSPS) is 32.0. The fourth-order valence-corrected chi connectivity index (χ4v) is 5.99. The summed E-state index contributed by atoms with van der Waals surface area (Å²) < 4.78 is 18.4. The summed E-state index contributed by atoms with van der Waals surface area (Å²) in [5.74, 6) is -1.95. The van der Waals surface area contributed by atoms with Crippen LogP contribution < -0.4 is 5.32 Å². The van der Waals surface area contributed by atoms with Crippen LogP contribution in [0.4, 0.5) is 0 Å². The van der Waals surface area contributed by atoms with Gasteiger partial charge in [-0.2, -0.15) is 0 Å². The highest BCUT2D eigenvalue weighted by Crippen LogP contribution is 2.37. The average molecular weight is 578 g/mol. The molecule has 0 aromatic heterocycles. The number of hydrogen-bond acceptors (Lipinski definition) is 8. The van der Waals surface area contributed by atoms with Crippen LogP contribution in [0.5, 0.6) is 0 Å². The molecule has 4 unspecified atom stereocenters. The molecule has 1 aromatic carbocycles. The van der Waals surface area contributed by atoms with Crippen molar-refractivity contribution in [3.63, 3.8) is 0 Å². The van der Waals surface area contributed by atoms with E-state index < -0.39 is 55.2 Å². The van der Waals surface area contributed by atoms with Gasteiger partial charge in [0.05, 0.1) is 44.0 Å². The van der Waals surface area contributed by atoms with Crippen LogP contribution in [0.25, 0.3) is 0 Å². The lowest BCUT2D eigenvalue weighted by atomic mass is 9.79. The van der Waals surface area contributed by atoms with E-state index in [1.165, 1.54) is 32.1 Å². The van der Waals surface area contributed by atoms with Crippen LogP contribution in [0.3, 0.4) is 0 Å². The number of unbranched alkanes of at least 4 members (excludes halogenated alkanes) is 7. The van der Waals surface area contributed by atoms with Crippen molar-refractivity contribution >= 4 is 11.7 Å². The summed E-state index contributed by atoms with van der Waals surface area (Å²) >= 11 is 0. The van der Waals surface area contributed by atoms with E-state index in [0.29, 0.717) is 18.6 Å². The molecule has 0 bridgehead atoms. The molecule has 1 amide bonds. The third-order valence-corrected chi connectivity index (χ3v) is 8.57. The Kier molecular flexibility index (Phi) is 14.2. The van der Waals surface area contributed by atoms with E-state index in [9.17, 15) is 24.9 Å². The summed E-state index contributed by atoms with van der Waals surface area (Å²) in [6, 6.07) is 8.13. The predicted octanol–water partition coefficient (Wildman–Crippen LogP) is 3.63. The third kappa shape index (κ3) is 9.30. The zero-order valence-corrected chi connectivity index (χ0v) is 25.0. The molecule has 2 fully saturated rings. The molecule has 1 aromatic rings. The van der Waals surface area contributed by atoms with Gasteiger partial charge in [0.15, 0.2) is 12.1 Å². The molecular weight excluding hydrogens is 526 g/mol. The van der Waals surface area contributed by atoms with Crippen molar-refractivity contribution in [1.29, 1.82) is 0 Å². The lowest BCUT2D eigenvalue weighted by Gasteiger charge is -2.47. The molecule has 232 valence electrons. The van der Waals surface area contributed by atoms with Crippen LogP contribution in [0.15, 0.2) is 30.3 Å². The Morgan fingerprint density at radius 2 is 1.59 bits per heavy atom. The number of aliphatic hydroxyl groups is 3. The number of rotatable bonds is 16. The largest absolute Gasteiger partial charge is 0.394 e. The molecule has 2 heterocycles. The fraction of sp³-hybridized carbons (Fsp3) is 0.750. The Hall–Kier alpha value is -1.88. The first kappa shape index (κ1) is 33.6. The smallest absolute Gasteiger partial charge is 0.220 e. The van der Waals surface area contributed by atoms with Crippen LogP contribution in [0.2, 0.25) is 0 Å². The number of amides is 1. The van der Waals surface area contributed by atoms with Gasteiger partial charge in [-0.3, -0.25) is 9.59 Å². The number of ketones is 1. The zero-order chi connectivity index (χ0) is 29.8. The highest BCUT2D eigenvalue weighted by molar-refractivity contribution is 5.98. The summed E-state index contributed by atoms with van der Waals surface area (Å²) in [5, 5.41) is 33.8. The van der Waals surface area contributed by atoms with Crippen molar-refractivity contribution in [3.8, 4) is 0 Å². The van der Waals surface area contributed by atoms with Gasteiger partial charge in [-0.1, -0.05) is 96.0 Å². The van der Waals surface area contributed by atoms with Gasteiger partial charge in [0.1, 0.15) is 12.2 Å². The van der Waals surface area contributed by atoms with Gasteiger partial charge in [0.2, 0.25) is 5.91 Å². The second-order valence-corrected chi connectivity index (χ2v) is 11.8. The van der Waals surface area contributed by atoms with E-state index in [1.54, 1.807) is 31.2 Å². The molecule has 4 N–H and O–H groups in total. The standard InChI is InChI=1S/C32H51NO8/c1-4-5-6-7-8-9-10-14-17-26(36)33-28-24(18-34)39-20-21(2)31(28)41-32-27(22(3)29(37)25(19-35)40-32)30(38)23-15-12-11-13-16-23/h11-13,15-16,21-22,24-25,27-29,31-32,34-35,37H,4-10,14,17-20H2,1-3H3,(H,33,36)/t21?,22-,24?,25?,27?,28+,29-,31-,32-/m1/s1. The summed E-state index contributed by atoms with van der Waals surface area (Å²) in [6.45, 7) is 5.45. The number of hydrogen-bond donors (Lipinski definition) is 4. The highest BCUT2D eigenvalue weighted by Gasteiger charge is 2.50. The molecule has 9 nitrogen and oxygen atoms in total. The molecule has 0 radical (unpaired) electrons. The molecule has 0 saturated carbocycles. The first-order chi connectivity index (χ1) is 19.8. The molecule has 2 aliphatic rings. The molecule has 41 heavy (non-hydrogen) atoms. The number of nitrogens with one attached hydrogen (secondary N) is 1. The van der Waals surface area contributed by atoms with Gasteiger partial charge in [0, 0.05) is 17.9 Å². The maximum atomic E-state index is 13.6. The van der Waals surface area contributed by atoms with E-state index in [4.69, 9.17) is 14.2 Å². The van der Waals surface area contributed by atoms with Crippen molar-refractivity contribution in [2.24, 2.45) is 17.8 Å². The van der Waals surface area contributed by atoms with Crippen LogP contribution in [-0.4, -0.2) is 83.6 Å². The minimum atomic E-state index is -1.07. The van der Waals surface area contributed by atoms with Crippen LogP contribution in [-0.2, 0) is 19.0 Å². The van der Waals surface area contributed by atoms with Crippen LogP contribution >= 0.6 is 0 Å². The number of aliphatic hydroxyl groups excluding tert-OH is 3. The van der Waals surface area contributed by atoms with Crippen molar-refractivity contribution in [2.75, 3.05) is 19.8 Å². The van der Waals surface area contributed by atoms with E-state index in [2.05, 4.69) is 12.2 Å². The molecular formula is C32H51NO8. The molecule has 0 spiro atoms. The van der Waals surface area contributed by atoms with E-state index in [0.717, 1.165) is 19.3 Å². The van der Waals surface area contributed by atoms with Gasteiger partial charge >= 0.3 is 0 Å². The summed E-state index contributed by atoms with van der Waals surface area (Å²) in [6.07, 6.45) is 5.07. The molecule has 9 atom stereocenters. The van der Waals surface area contributed by atoms with Gasteiger partial charge in [-0.05, 0) is 12.3 Å². The number of benzene rings is 1. The summed E-state index contributed by atoms with van der Waals surface area (Å²) in [5.41, 5.74) is 0.472. The van der Waals surface area contributed by atoms with Crippen LogP contribution in [0.1, 0.15) is 88.9 Å². The third-order valence-electron chi connectivity index (χ3n) is 8.57. The maximum Gasteiger partial charge on any atom is 0.220 e. The van der Waals surface area contributed by atoms with Gasteiger partial charge < -0.3 is 34.8 Å². The topological polar surface area (TPSA) is 135 Å². The second-order valence-electron chi connectivity index (χ2n) is 11.8. The Balaban J connectivity index is 1.71. The molecule has 2 aliphatic heterocycles. The first-order valence-electron chi connectivity index (χ1n) is 15.5. The summed E-state index contributed by atoms with van der Waals surface area (Å²) in [7, 11) is 0. The number of carbonyl (C=O) groups is 2. The Bertz CT molecular complexity index is 914. The molecule has 3 rings (SSSR count). The van der Waals surface area contributed by atoms with E-state index in [-0.39, 0.29) is 24.2 Å². The molecule has 0 aliphatic carbocycles. The summed E-state index contributed by atoms with van der Waals surface area (Å²) in [4.78, 5) is 26.6. The first-order valence-corrected chi connectivity index (χ1v) is 15.5. The van der Waals surface area contributed by atoms with Crippen molar-refractivity contribution in [1.82, 2.24) is 5.32 Å². The number of carbonyl (C=O) groups excluding carboxylic acids is 2. The van der Waals surface area contributed by atoms with E-state index >= 15 is 0 Å². The average Bonchev–Trinajstić information content (AvgIpc) is 2.98. The zero-order valence-electron chi connectivity index (χ0n) is 25.0. The number of Topliss-reactive ketones (excluding diaryl/α,β-unsaturated/α-hetero) is 1. The van der Waals surface area contributed by atoms with Crippen molar-refractivity contribution in [2.45, 2.75) is 115 Å². The van der Waals surface area contributed by atoms with Gasteiger partial charge in [0.25, 0.3) is 0 Å². The monoisotopic (exact) mass is 577 g/mol. The lowest BCUT2D eigenvalue weighted by Crippen LogP contribution is -2.63. The van der Waals surface area contributed by atoms with Gasteiger partial charge in [-0.25, -0.2) is 0 Å². The molecule has 2 saturated heterocycles.